The van der Waals surface area contributed by atoms with Crippen molar-refractivity contribution in [1.29, 1.82) is 0 Å². The molecule has 0 spiro atoms. The second-order valence-electron chi connectivity index (χ2n) is 4.61. The molecule has 126 valence electrons. The summed E-state index contributed by atoms with van der Waals surface area (Å²) in [7, 11) is 0. The first-order valence-electron chi connectivity index (χ1n) is 6.64. The molecule has 0 saturated carbocycles. The van der Waals surface area contributed by atoms with Gasteiger partial charge >= 0.3 is 11.9 Å². The number of non-ortho nitro benzene ring substituents is 1. The Bertz CT molecular complexity index is 761. The number of alkyl halides is 1. The van der Waals surface area contributed by atoms with Gasteiger partial charge in [-0.3, -0.25) is 10.1 Å². The number of nitro benzene ring substituents is 1. The van der Waals surface area contributed by atoms with E-state index in [0.29, 0.717) is 10.9 Å². The van der Waals surface area contributed by atoms with E-state index in [1.165, 1.54) is 31.2 Å². The molecule has 0 heterocycles. The zero-order valence-electron chi connectivity index (χ0n) is 12.6. The van der Waals surface area contributed by atoms with Crippen LogP contribution in [0.5, 0.6) is 0 Å². The van der Waals surface area contributed by atoms with Gasteiger partial charge in [-0.15, -0.1) is 0 Å². The number of rotatable bonds is 4. The van der Waals surface area contributed by atoms with Crippen LogP contribution in [0.1, 0.15) is 31.8 Å². The number of halogens is 1. The topological polar surface area (TPSA) is 118 Å². The molecular formula is C16H14BrNO6. The molecule has 0 aliphatic rings. The Morgan fingerprint density at radius 1 is 1.08 bits per heavy atom. The molecule has 0 aromatic heterocycles. The van der Waals surface area contributed by atoms with Gasteiger partial charge in [-0.2, -0.15) is 0 Å². The average molecular weight is 396 g/mol. The fourth-order valence-electron chi connectivity index (χ4n) is 1.96. The summed E-state index contributed by atoms with van der Waals surface area (Å²) < 4.78 is 0. The van der Waals surface area contributed by atoms with Crippen LogP contribution in [0.15, 0.2) is 42.5 Å². The molecule has 2 aromatic rings. The molecule has 0 aliphatic heterocycles. The van der Waals surface area contributed by atoms with Gasteiger partial charge in [0.1, 0.15) is 0 Å². The van der Waals surface area contributed by atoms with E-state index < -0.39 is 16.9 Å². The maximum absolute atomic E-state index is 11.0. The number of nitrogens with zero attached hydrogens (tertiary/aromatic N) is 1. The number of nitro groups is 1. The molecule has 0 bridgehead atoms. The fraction of sp³-hybridized carbons (Fsp3) is 0.125. The Morgan fingerprint density at radius 3 is 2.04 bits per heavy atom. The Labute approximate surface area is 145 Å². The number of aromatic carboxylic acids is 2. The standard InChI is InChI=1S/C10H9BrO4.C6H5NO2/c1-5-7(9(12)13)3-2-6(4-11)8(5)10(14)15;8-7(9)6-4-2-1-3-5-6/h2-3H,4H2,1H3,(H,12,13)(H,14,15);1-5H. The lowest BCUT2D eigenvalue weighted by Crippen LogP contribution is -2.09. The molecule has 0 radical (unpaired) electrons. The first kappa shape index (κ1) is 19.3. The van der Waals surface area contributed by atoms with Crippen molar-refractivity contribution in [3.8, 4) is 0 Å². The first-order chi connectivity index (χ1) is 11.3. The van der Waals surface area contributed by atoms with Crippen molar-refractivity contribution in [2.75, 3.05) is 0 Å². The lowest BCUT2D eigenvalue weighted by atomic mass is 9.98. The number of carboxylic acids is 2. The molecule has 2 N–H and O–H groups in total. The summed E-state index contributed by atoms with van der Waals surface area (Å²) in [5.41, 5.74) is 1.08. The highest BCUT2D eigenvalue weighted by atomic mass is 79.9. The van der Waals surface area contributed by atoms with Crippen LogP contribution < -0.4 is 0 Å². The molecule has 0 aliphatic carbocycles. The molecule has 0 fully saturated rings. The molecule has 0 unspecified atom stereocenters. The highest BCUT2D eigenvalue weighted by Gasteiger charge is 2.18. The Hall–Kier alpha value is -2.74. The van der Waals surface area contributed by atoms with E-state index in [1.54, 1.807) is 18.2 Å². The van der Waals surface area contributed by atoms with Crippen molar-refractivity contribution in [2.24, 2.45) is 0 Å². The zero-order valence-corrected chi connectivity index (χ0v) is 14.2. The second kappa shape index (κ2) is 8.78. The summed E-state index contributed by atoms with van der Waals surface area (Å²) in [6.07, 6.45) is 0. The Morgan fingerprint density at radius 2 is 1.67 bits per heavy atom. The minimum Gasteiger partial charge on any atom is -0.478 e. The van der Waals surface area contributed by atoms with Crippen LogP contribution >= 0.6 is 15.9 Å². The first-order valence-corrected chi connectivity index (χ1v) is 7.76. The summed E-state index contributed by atoms with van der Waals surface area (Å²) >= 11 is 3.16. The van der Waals surface area contributed by atoms with Crippen molar-refractivity contribution in [1.82, 2.24) is 0 Å². The van der Waals surface area contributed by atoms with Gasteiger partial charge in [-0.1, -0.05) is 40.2 Å². The summed E-state index contributed by atoms with van der Waals surface area (Å²) in [4.78, 5) is 31.3. The second-order valence-corrected chi connectivity index (χ2v) is 5.17. The number of benzene rings is 2. The highest BCUT2D eigenvalue weighted by molar-refractivity contribution is 9.08. The van der Waals surface area contributed by atoms with E-state index in [-0.39, 0.29) is 22.4 Å². The summed E-state index contributed by atoms with van der Waals surface area (Å²) in [6, 6.07) is 10.9. The quantitative estimate of drug-likeness (QED) is 0.460. The van der Waals surface area contributed by atoms with Crippen LogP contribution in [0.2, 0.25) is 0 Å². The van der Waals surface area contributed by atoms with Crippen molar-refractivity contribution >= 4 is 33.6 Å². The van der Waals surface area contributed by atoms with E-state index >= 15 is 0 Å². The minimum atomic E-state index is -1.11. The third-order valence-electron chi connectivity index (χ3n) is 3.11. The van der Waals surface area contributed by atoms with Crippen molar-refractivity contribution in [3.05, 3.63) is 74.8 Å². The molecule has 2 aromatic carbocycles. The number of hydrogen-bond acceptors (Lipinski definition) is 4. The average Bonchev–Trinajstić information content (AvgIpc) is 2.55. The number of carbonyl (C=O) groups is 2. The minimum absolute atomic E-state index is 0.0251. The fourth-order valence-corrected chi connectivity index (χ4v) is 2.43. The number of para-hydroxylation sites is 1. The van der Waals surface area contributed by atoms with Crippen molar-refractivity contribution < 1.29 is 24.7 Å². The van der Waals surface area contributed by atoms with Crippen LogP contribution in [0.4, 0.5) is 5.69 Å². The molecule has 0 atom stereocenters. The van der Waals surface area contributed by atoms with Gasteiger partial charge in [0.25, 0.3) is 5.69 Å². The van der Waals surface area contributed by atoms with Gasteiger partial charge in [-0.25, -0.2) is 9.59 Å². The normalized spacial score (nSPS) is 9.58. The van der Waals surface area contributed by atoms with Crippen LogP contribution in [0.25, 0.3) is 0 Å². The lowest BCUT2D eigenvalue weighted by Gasteiger charge is -2.09. The third kappa shape index (κ3) is 4.88. The molecule has 7 nitrogen and oxygen atoms in total. The summed E-state index contributed by atoms with van der Waals surface area (Å²) in [5, 5.41) is 28.2. The molecule has 0 amide bonds. The van der Waals surface area contributed by atoms with Gasteiger partial charge in [0.2, 0.25) is 0 Å². The molecule has 2 rings (SSSR count). The zero-order chi connectivity index (χ0) is 18.3. The van der Waals surface area contributed by atoms with E-state index in [2.05, 4.69) is 15.9 Å². The van der Waals surface area contributed by atoms with Gasteiger partial charge < -0.3 is 10.2 Å². The molecule has 24 heavy (non-hydrogen) atoms. The van der Waals surface area contributed by atoms with Crippen molar-refractivity contribution in [3.63, 3.8) is 0 Å². The maximum atomic E-state index is 11.0. The van der Waals surface area contributed by atoms with Gasteiger partial charge in [-0.05, 0) is 24.1 Å². The highest BCUT2D eigenvalue weighted by Crippen LogP contribution is 2.21. The Kier molecular flexibility index (Phi) is 7.06. The largest absolute Gasteiger partial charge is 0.478 e. The van der Waals surface area contributed by atoms with E-state index in [0.717, 1.165) is 0 Å². The Balaban J connectivity index is 0.000000272. The van der Waals surface area contributed by atoms with Crippen LogP contribution in [0, 0.1) is 17.0 Å². The van der Waals surface area contributed by atoms with Gasteiger partial charge in [0.05, 0.1) is 16.1 Å². The van der Waals surface area contributed by atoms with E-state index in [9.17, 15) is 19.7 Å². The monoisotopic (exact) mass is 395 g/mol. The summed E-state index contributed by atoms with van der Waals surface area (Å²) in [5.74, 6) is -2.22. The lowest BCUT2D eigenvalue weighted by molar-refractivity contribution is -0.384. The van der Waals surface area contributed by atoms with Crippen molar-refractivity contribution in [2.45, 2.75) is 12.3 Å². The smallest absolute Gasteiger partial charge is 0.336 e. The summed E-state index contributed by atoms with van der Waals surface area (Å²) in [6.45, 7) is 1.50. The molecule has 8 heteroatoms. The molecular weight excluding hydrogens is 382 g/mol. The van der Waals surface area contributed by atoms with Crippen LogP contribution in [-0.4, -0.2) is 27.1 Å². The van der Waals surface area contributed by atoms with Gasteiger partial charge in [0, 0.05) is 17.5 Å². The third-order valence-corrected chi connectivity index (χ3v) is 3.71. The maximum Gasteiger partial charge on any atom is 0.336 e. The van der Waals surface area contributed by atoms with Crippen LogP contribution in [0.3, 0.4) is 0 Å². The van der Waals surface area contributed by atoms with Crippen LogP contribution in [-0.2, 0) is 5.33 Å². The number of carboxylic acid groups (broad SMARTS) is 2. The predicted molar refractivity (Wildman–Crippen MR) is 90.8 cm³/mol. The predicted octanol–water partition coefficient (Wildman–Crippen LogP) is 3.88. The number of hydrogen-bond donors (Lipinski definition) is 2. The van der Waals surface area contributed by atoms with E-state index in [4.69, 9.17) is 10.2 Å². The van der Waals surface area contributed by atoms with E-state index in [1.807, 2.05) is 0 Å². The SMILES string of the molecule is Cc1c(C(=O)O)ccc(CBr)c1C(=O)O.O=[N+]([O-])c1ccccc1. The molecule has 0 saturated heterocycles. The van der Waals surface area contributed by atoms with Gasteiger partial charge in [0.15, 0.2) is 0 Å².